The number of likely N-dealkylation sites (tertiary alicyclic amines) is 1. The van der Waals surface area contributed by atoms with Gasteiger partial charge >= 0.3 is 0 Å². The third-order valence-electron chi connectivity index (χ3n) is 6.28. The molecule has 1 atom stereocenters. The number of nitrogens with zero attached hydrogens (tertiary/aromatic N) is 1. The summed E-state index contributed by atoms with van der Waals surface area (Å²) in [6, 6.07) is 10.6. The van der Waals surface area contributed by atoms with Gasteiger partial charge in [0.2, 0.25) is 0 Å². The second-order valence-electron chi connectivity index (χ2n) is 8.48. The molecule has 0 N–H and O–H groups in total. The van der Waals surface area contributed by atoms with E-state index in [1.807, 2.05) is 0 Å². The van der Waals surface area contributed by atoms with Crippen LogP contribution in [0.2, 0.25) is 0 Å². The summed E-state index contributed by atoms with van der Waals surface area (Å²) < 4.78 is 0.844. The number of hydrogen-bond acceptors (Lipinski definition) is 1. The number of benzene rings is 1. The molecule has 0 radical (unpaired) electrons. The van der Waals surface area contributed by atoms with E-state index in [2.05, 4.69) is 44.4 Å². The van der Waals surface area contributed by atoms with Crippen LogP contribution < -0.4 is 0 Å². The van der Waals surface area contributed by atoms with Crippen LogP contribution in [0.1, 0.15) is 56.9 Å². The van der Waals surface area contributed by atoms with Crippen molar-refractivity contribution in [3.63, 3.8) is 0 Å². The Morgan fingerprint density at radius 2 is 1.78 bits per heavy atom. The predicted octanol–water partition coefficient (Wildman–Crippen LogP) is 4.33. The van der Waals surface area contributed by atoms with Crippen LogP contribution in [0.3, 0.4) is 0 Å². The Balaban J connectivity index is 1.81. The summed E-state index contributed by atoms with van der Waals surface area (Å²) >= 11 is 0. The van der Waals surface area contributed by atoms with E-state index in [9.17, 15) is 4.79 Å². The molecule has 2 nitrogen and oxygen atoms in total. The summed E-state index contributed by atoms with van der Waals surface area (Å²) in [4.78, 5) is 13.2. The second-order valence-corrected chi connectivity index (χ2v) is 8.48. The molecule has 0 bridgehead atoms. The molecular weight excluding hydrogens is 282 g/mol. The SMILES string of the molecule is C[N+]1(C)CC[C@](CCC2CCCCC2)(c2ccccc2)C(=O)C1. The number of ketones is 1. The molecule has 1 aliphatic heterocycles. The van der Waals surface area contributed by atoms with Gasteiger partial charge < -0.3 is 4.48 Å². The van der Waals surface area contributed by atoms with Crippen LogP contribution in [0.25, 0.3) is 0 Å². The monoisotopic (exact) mass is 314 g/mol. The third kappa shape index (κ3) is 3.68. The summed E-state index contributed by atoms with van der Waals surface area (Å²) in [6.07, 6.45) is 10.2. The molecule has 2 aliphatic rings. The fraction of sp³-hybridized carbons (Fsp3) is 0.667. The van der Waals surface area contributed by atoms with E-state index >= 15 is 0 Å². The zero-order chi connectivity index (χ0) is 16.3. The van der Waals surface area contributed by atoms with Gasteiger partial charge in [0.1, 0.15) is 6.54 Å². The minimum absolute atomic E-state index is 0.216. The van der Waals surface area contributed by atoms with Gasteiger partial charge in [0.05, 0.1) is 26.1 Å². The zero-order valence-electron chi connectivity index (χ0n) is 14.9. The Bertz CT molecular complexity index is 530. The van der Waals surface area contributed by atoms with E-state index < -0.39 is 0 Å². The molecule has 23 heavy (non-hydrogen) atoms. The minimum Gasteiger partial charge on any atom is -0.322 e. The van der Waals surface area contributed by atoms with Crippen LogP contribution >= 0.6 is 0 Å². The van der Waals surface area contributed by atoms with E-state index in [1.54, 1.807) is 0 Å². The highest BCUT2D eigenvalue weighted by Gasteiger charge is 2.47. The van der Waals surface area contributed by atoms with Crippen molar-refractivity contribution in [1.29, 1.82) is 0 Å². The van der Waals surface area contributed by atoms with Crippen molar-refractivity contribution in [3.05, 3.63) is 35.9 Å². The van der Waals surface area contributed by atoms with E-state index in [4.69, 9.17) is 0 Å². The first-order valence-electron chi connectivity index (χ1n) is 9.43. The summed E-state index contributed by atoms with van der Waals surface area (Å²) in [5, 5.41) is 0. The Labute approximate surface area is 141 Å². The molecule has 0 spiro atoms. The van der Waals surface area contributed by atoms with E-state index in [-0.39, 0.29) is 5.41 Å². The molecular formula is C21H32NO+. The van der Waals surface area contributed by atoms with Gasteiger partial charge in [-0.25, -0.2) is 0 Å². The van der Waals surface area contributed by atoms with Gasteiger partial charge in [0.25, 0.3) is 0 Å². The van der Waals surface area contributed by atoms with E-state index in [0.717, 1.165) is 29.8 Å². The fourth-order valence-corrected chi connectivity index (χ4v) is 4.65. The van der Waals surface area contributed by atoms with E-state index in [0.29, 0.717) is 12.3 Å². The number of hydrogen-bond donors (Lipinski definition) is 0. The number of carbonyl (C=O) groups is 1. The molecule has 1 saturated carbocycles. The van der Waals surface area contributed by atoms with Crippen LogP contribution in [0, 0.1) is 5.92 Å². The lowest BCUT2D eigenvalue weighted by Crippen LogP contribution is -2.57. The maximum Gasteiger partial charge on any atom is 0.197 e. The van der Waals surface area contributed by atoms with Crippen LogP contribution in [0.15, 0.2) is 30.3 Å². The lowest BCUT2D eigenvalue weighted by atomic mass is 9.67. The number of carbonyl (C=O) groups excluding carboxylic acids is 1. The molecule has 1 heterocycles. The van der Waals surface area contributed by atoms with Crippen LogP contribution in [0.4, 0.5) is 0 Å². The molecule has 3 rings (SSSR count). The molecule has 1 saturated heterocycles. The molecule has 1 aromatic rings. The first-order valence-corrected chi connectivity index (χ1v) is 9.43. The lowest BCUT2D eigenvalue weighted by molar-refractivity contribution is -0.886. The largest absolute Gasteiger partial charge is 0.322 e. The van der Waals surface area contributed by atoms with Crippen molar-refractivity contribution in [2.75, 3.05) is 27.2 Å². The maximum atomic E-state index is 13.2. The first kappa shape index (κ1) is 16.7. The Kier molecular flexibility index (Phi) is 4.91. The van der Waals surface area contributed by atoms with Crippen LogP contribution in [0.5, 0.6) is 0 Å². The minimum atomic E-state index is -0.216. The molecule has 126 valence electrons. The molecule has 1 aromatic carbocycles. The van der Waals surface area contributed by atoms with Crippen molar-refractivity contribution in [1.82, 2.24) is 0 Å². The Morgan fingerprint density at radius 1 is 1.09 bits per heavy atom. The number of Topliss-reactive ketones (excluding diaryl/α,β-unsaturated/α-hetero) is 1. The summed E-state index contributed by atoms with van der Waals surface area (Å²) in [5.74, 6) is 1.32. The van der Waals surface area contributed by atoms with Crippen molar-refractivity contribution < 1.29 is 9.28 Å². The number of piperidine rings is 1. The van der Waals surface area contributed by atoms with Crippen molar-refractivity contribution in [2.24, 2.45) is 5.92 Å². The molecule has 1 aliphatic carbocycles. The van der Waals surface area contributed by atoms with Gasteiger partial charge in [-0.3, -0.25) is 4.79 Å². The van der Waals surface area contributed by atoms with Gasteiger partial charge in [0, 0.05) is 6.42 Å². The third-order valence-corrected chi connectivity index (χ3v) is 6.28. The van der Waals surface area contributed by atoms with Gasteiger partial charge in [0.15, 0.2) is 5.78 Å². The van der Waals surface area contributed by atoms with Crippen LogP contribution in [-0.2, 0) is 10.2 Å². The molecule has 2 heteroatoms. The second kappa shape index (κ2) is 6.76. The normalized spacial score (nSPS) is 28.7. The Hall–Kier alpha value is -1.15. The maximum absolute atomic E-state index is 13.2. The van der Waals surface area contributed by atoms with Gasteiger partial charge in [-0.1, -0.05) is 62.4 Å². The summed E-state index contributed by atoms with van der Waals surface area (Å²) in [5.41, 5.74) is 1.05. The fourth-order valence-electron chi connectivity index (χ4n) is 4.65. The van der Waals surface area contributed by atoms with Crippen molar-refractivity contribution >= 4 is 5.78 Å². The average Bonchev–Trinajstić information content (AvgIpc) is 2.56. The number of quaternary nitrogens is 1. The summed E-state index contributed by atoms with van der Waals surface area (Å²) in [7, 11) is 4.38. The number of likely N-dealkylation sites (N-methyl/N-ethyl adjacent to an activating group) is 1. The van der Waals surface area contributed by atoms with Gasteiger partial charge in [-0.05, 0) is 24.3 Å². The van der Waals surface area contributed by atoms with Gasteiger partial charge in [-0.2, -0.15) is 0 Å². The lowest BCUT2D eigenvalue weighted by Gasteiger charge is -2.44. The number of rotatable bonds is 4. The van der Waals surface area contributed by atoms with Gasteiger partial charge in [-0.15, -0.1) is 0 Å². The predicted molar refractivity (Wildman–Crippen MR) is 95.4 cm³/mol. The van der Waals surface area contributed by atoms with Crippen molar-refractivity contribution in [3.8, 4) is 0 Å². The topological polar surface area (TPSA) is 17.1 Å². The standard InChI is InChI=1S/C21H32NO/c1-22(2)16-15-21(20(23)17-22,19-11-7-4-8-12-19)14-13-18-9-5-3-6-10-18/h4,7-8,11-12,18H,3,5-6,9-10,13-17H2,1-2H3/q+1/t21-/m1/s1. The highest BCUT2D eigenvalue weighted by molar-refractivity contribution is 5.91. The zero-order valence-corrected chi connectivity index (χ0v) is 14.9. The molecule has 2 fully saturated rings. The van der Waals surface area contributed by atoms with Crippen LogP contribution in [-0.4, -0.2) is 37.5 Å². The first-order chi connectivity index (χ1) is 11.0. The smallest absolute Gasteiger partial charge is 0.197 e. The Morgan fingerprint density at radius 3 is 2.43 bits per heavy atom. The van der Waals surface area contributed by atoms with Crippen molar-refractivity contribution in [2.45, 2.75) is 56.8 Å². The summed E-state index contributed by atoms with van der Waals surface area (Å²) in [6.45, 7) is 1.78. The van der Waals surface area contributed by atoms with E-state index in [1.165, 1.54) is 44.1 Å². The molecule has 0 amide bonds. The highest BCUT2D eigenvalue weighted by Crippen LogP contribution is 2.41. The highest BCUT2D eigenvalue weighted by atomic mass is 16.1. The molecule has 0 unspecified atom stereocenters. The quantitative estimate of drug-likeness (QED) is 0.756. The molecule has 0 aromatic heterocycles. The average molecular weight is 314 g/mol.